The molecule has 0 aliphatic carbocycles. The van der Waals surface area contributed by atoms with Gasteiger partial charge in [0, 0.05) is 12.1 Å². The molecule has 1 aliphatic heterocycles. The van der Waals surface area contributed by atoms with E-state index in [1.54, 1.807) is 0 Å². The van der Waals surface area contributed by atoms with Gasteiger partial charge in [-0.1, -0.05) is 13.8 Å². The summed E-state index contributed by atoms with van der Waals surface area (Å²) < 4.78 is 0. The van der Waals surface area contributed by atoms with Gasteiger partial charge in [-0.05, 0) is 45.4 Å². The zero-order valence-corrected chi connectivity index (χ0v) is 13.1. The van der Waals surface area contributed by atoms with E-state index in [1.807, 2.05) is 18.7 Å². The fraction of sp³-hybridized carbons (Fsp3) is 0.867. The molecule has 1 rings (SSSR count). The summed E-state index contributed by atoms with van der Waals surface area (Å²) in [7, 11) is 0. The number of piperidine rings is 1. The van der Waals surface area contributed by atoms with Crippen LogP contribution in [0.3, 0.4) is 0 Å². The Balaban J connectivity index is 2.54. The first-order valence-corrected chi connectivity index (χ1v) is 7.60. The van der Waals surface area contributed by atoms with Gasteiger partial charge in [0.2, 0.25) is 5.91 Å². The molecule has 5 nitrogen and oxygen atoms in total. The van der Waals surface area contributed by atoms with Crippen molar-refractivity contribution in [3.8, 4) is 0 Å². The molecule has 1 amide bonds. The van der Waals surface area contributed by atoms with Crippen LogP contribution in [0.4, 0.5) is 0 Å². The van der Waals surface area contributed by atoms with E-state index in [-0.39, 0.29) is 30.5 Å². The molecule has 20 heavy (non-hydrogen) atoms. The summed E-state index contributed by atoms with van der Waals surface area (Å²) in [6, 6.07) is -0.141. The van der Waals surface area contributed by atoms with Crippen molar-refractivity contribution < 1.29 is 14.7 Å². The molecule has 2 N–H and O–H groups in total. The van der Waals surface area contributed by atoms with Gasteiger partial charge in [0.15, 0.2) is 0 Å². The number of hydrogen-bond donors (Lipinski definition) is 2. The number of nitrogens with zero attached hydrogens (tertiary/aromatic N) is 1. The van der Waals surface area contributed by atoms with Gasteiger partial charge in [-0.3, -0.25) is 14.9 Å². The summed E-state index contributed by atoms with van der Waals surface area (Å²) in [4.78, 5) is 25.4. The quantitative estimate of drug-likeness (QED) is 0.781. The third-order valence-electron chi connectivity index (χ3n) is 3.99. The maximum absolute atomic E-state index is 12.3. The van der Waals surface area contributed by atoms with Crippen molar-refractivity contribution in [3.63, 3.8) is 0 Å². The van der Waals surface area contributed by atoms with Gasteiger partial charge in [0.25, 0.3) is 0 Å². The third-order valence-corrected chi connectivity index (χ3v) is 3.99. The fourth-order valence-corrected chi connectivity index (χ4v) is 2.96. The molecule has 5 heteroatoms. The van der Waals surface area contributed by atoms with Gasteiger partial charge in [-0.2, -0.15) is 0 Å². The second-order valence-corrected chi connectivity index (χ2v) is 6.33. The molecular weight excluding hydrogens is 256 g/mol. The van der Waals surface area contributed by atoms with E-state index >= 15 is 0 Å². The summed E-state index contributed by atoms with van der Waals surface area (Å²) in [5.41, 5.74) is 0. The van der Waals surface area contributed by atoms with Gasteiger partial charge < -0.3 is 10.0 Å². The average molecular weight is 284 g/mol. The van der Waals surface area contributed by atoms with Crippen molar-refractivity contribution in [2.24, 2.45) is 5.92 Å². The van der Waals surface area contributed by atoms with Crippen LogP contribution < -0.4 is 5.32 Å². The summed E-state index contributed by atoms with van der Waals surface area (Å²) >= 11 is 0. The van der Waals surface area contributed by atoms with Crippen molar-refractivity contribution in [2.45, 2.75) is 71.5 Å². The van der Waals surface area contributed by atoms with Crippen LogP contribution in [0.5, 0.6) is 0 Å². The zero-order valence-electron chi connectivity index (χ0n) is 13.1. The van der Waals surface area contributed by atoms with E-state index in [9.17, 15) is 9.59 Å². The molecule has 116 valence electrons. The van der Waals surface area contributed by atoms with Gasteiger partial charge in [-0.15, -0.1) is 0 Å². The first-order chi connectivity index (χ1) is 9.32. The van der Waals surface area contributed by atoms with Gasteiger partial charge in [-0.25, -0.2) is 0 Å². The normalized spacial score (nSPS) is 24.8. The first kappa shape index (κ1) is 17.0. The number of carboxylic acids is 1. The van der Waals surface area contributed by atoms with E-state index in [2.05, 4.69) is 19.2 Å². The third kappa shape index (κ3) is 4.78. The van der Waals surface area contributed by atoms with E-state index in [1.165, 1.54) is 0 Å². The predicted octanol–water partition coefficient (Wildman–Crippen LogP) is 1.86. The largest absolute Gasteiger partial charge is 0.480 e. The molecule has 3 atom stereocenters. The lowest BCUT2D eigenvalue weighted by molar-refractivity contribution is -0.140. The Morgan fingerprint density at radius 3 is 2.25 bits per heavy atom. The highest BCUT2D eigenvalue weighted by atomic mass is 16.4. The monoisotopic (exact) mass is 284 g/mol. The van der Waals surface area contributed by atoms with Crippen LogP contribution in [0.2, 0.25) is 0 Å². The van der Waals surface area contributed by atoms with Gasteiger partial charge in [0.05, 0.1) is 6.54 Å². The molecule has 0 aromatic rings. The van der Waals surface area contributed by atoms with Gasteiger partial charge in [0.1, 0.15) is 6.04 Å². The number of aliphatic carboxylic acids is 1. The van der Waals surface area contributed by atoms with Gasteiger partial charge >= 0.3 is 5.97 Å². The van der Waals surface area contributed by atoms with Crippen molar-refractivity contribution in [1.82, 2.24) is 10.2 Å². The van der Waals surface area contributed by atoms with Crippen LogP contribution in [-0.4, -0.2) is 46.6 Å². The molecule has 1 saturated heterocycles. The van der Waals surface area contributed by atoms with Crippen LogP contribution in [0.1, 0.15) is 53.4 Å². The minimum absolute atomic E-state index is 0.0136. The fourth-order valence-electron chi connectivity index (χ4n) is 2.96. The number of amides is 1. The average Bonchev–Trinajstić information content (AvgIpc) is 2.33. The lowest BCUT2D eigenvalue weighted by Gasteiger charge is -2.39. The number of nitrogens with one attached hydrogen (secondary N) is 1. The van der Waals surface area contributed by atoms with E-state index < -0.39 is 12.0 Å². The van der Waals surface area contributed by atoms with Crippen LogP contribution in [0.25, 0.3) is 0 Å². The number of carboxylic acid groups (broad SMARTS) is 1. The predicted molar refractivity (Wildman–Crippen MR) is 78.5 cm³/mol. The van der Waals surface area contributed by atoms with Crippen molar-refractivity contribution in [3.05, 3.63) is 0 Å². The molecule has 0 aromatic heterocycles. The van der Waals surface area contributed by atoms with Crippen LogP contribution in [0, 0.1) is 5.92 Å². The number of likely N-dealkylation sites (tertiary alicyclic amines) is 1. The van der Waals surface area contributed by atoms with E-state index in [0.717, 1.165) is 19.3 Å². The Bertz CT molecular complexity index is 334. The minimum Gasteiger partial charge on any atom is -0.480 e. The lowest BCUT2D eigenvalue weighted by Crippen LogP contribution is -2.52. The maximum atomic E-state index is 12.3. The zero-order chi connectivity index (χ0) is 15.3. The Hall–Kier alpha value is -1.10. The molecule has 3 unspecified atom stereocenters. The Labute approximate surface area is 121 Å². The molecule has 1 heterocycles. The summed E-state index contributed by atoms with van der Waals surface area (Å²) in [5, 5.41) is 12.1. The molecule has 0 bridgehead atoms. The highest BCUT2D eigenvalue weighted by molar-refractivity contribution is 5.80. The maximum Gasteiger partial charge on any atom is 0.320 e. The molecule has 0 aromatic carbocycles. The van der Waals surface area contributed by atoms with Crippen LogP contribution >= 0.6 is 0 Å². The topological polar surface area (TPSA) is 69.6 Å². The molecular formula is C15H28N2O3. The number of carbonyl (C=O) groups excluding carboxylic acids is 1. The SMILES string of the molecule is CC(C)CC(NCC(=O)N1C(C)CCCC1C)C(=O)O. The Morgan fingerprint density at radius 2 is 1.80 bits per heavy atom. The van der Waals surface area contributed by atoms with Crippen LogP contribution in [-0.2, 0) is 9.59 Å². The smallest absolute Gasteiger partial charge is 0.320 e. The number of hydrogen-bond acceptors (Lipinski definition) is 3. The van der Waals surface area contributed by atoms with Crippen molar-refractivity contribution >= 4 is 11.9 Å². The van der Waals surface area contributed by atoms with Crippen molar-refractivity contribution in [1.29, 1.82) is 0 Å². The number of rotatable bonds is 6. The van der Waals surface area contributed by atoms with Crippen molar-refractivity contribution in [2.75, 3.05) is 6.54 Å². The minimum atomic E-state index is -0.883. The highest BCUT2D eigenvalue weighted by Crippen LogP contribution is 2.22. The lowest BCUT2D eigenvalue weighted by atomic mass is 9.97. The highest BCUT2D eigenvalue weighted by Gasteiger charge is 2.29. The molecule has 1 fully saturated rings. The standard InChI is InChI=1S/C15H28N2O3/c1-10(2)8-13(15(19)20)16-9-14(18)17-11(3)6-5-7-12(17)4/h10-13,16H,5-9H2,1-4H3,(H,19,20). The summed E-state index contributed by atoms with van der Waals surface area (Å²) in [5.74, 6) is -0.586. The summed E-state index contributed by atoms with van der Waals surface area (Å²) in [6.45, 7) is 8.20. The Kier molecular flexibility index (Phi) is 6.46. The summed E-state index contributed by atoms with van der Waals surface area (Å²) in [6.07, 6.45) is 3.76. The second-order valence-electron chi connectivity index (χ2n) is 6.33. The first-order valence-electron chi connectivity index (χ1n) is 7.60. The second kappa shape index (κ2) is 7.62. The van der Waals surface area contributed by atoms with E-state index in [4.69, 9.17) is 5.11 Å². The van der Waals surface area contributed by atoms with Crippen LogP contribution in [0.15, 0.2) is 0 Å². The van der Waals surface area contributed by atoms with E-state index in [0.29, 0.717) is 6.42 Å². The Morgan fingerprint density at radius 1 is 1.25 bits per heavy atom. The molecule has 0 saturated carbocycles. The molecule has 0 radical (unpaired) electrons. The molecule has 0 spiro atoms. The molecule has 1 aliphatic rings. The number of carbonyl (C=O) groups is 2.